The average molecular weight is 269 g/mol. The first-order chi connectivity index (χ1) is 9.70. The number of nitrogens with zero attached hydrogens (tertiary/aromatic N) is 3. The van der Waals surface area contributed by atoms with Crippen LogP contribution in [0, 0.1) is 10.1 Å². The monoisotopic (exact) mass is 269 g/mol. The lowest BCUT2D eigenvalue weighted by molar-refractivity contribution is -0.384. The number of benzene rings is 2. The van der Waals surface area contributed by atoms with Gasteiger partial charge in [-0.3, -0.25) is 10.1 Å². The summed E-state index contributed by atoms with van der Waals surface area (Å²) in [7, 11) is 1.52. The summed E-state index contributed by atoms with van der Waals surface area (Å²) in [6.45, 7) is 0. The highest BCUT2D eigenvalue weighted by molar-refractivity contribution is 5.87. The number of rotatable bonds is 3. The summed E-state index contributed by atoms with van der Waals surface area (Å²) in [5.41, 5.74) is 1.50. The molecule has 3 aromatic rings. The van der Waals surface area contributed by atoms with E-state index in [4.69, 9.17) is 4.74 Å². The van der Waals surface area contributed by atoms with Gasteiger partial charge in [0, 0.05) is 12.1 Å². The maximum Gasteiger partial charge on any atom is 0.270 e. The smallest absolute Gasteiger partial charge is 0.270 e. The minimum atomic E-state index is -0.432. The Bertz CT molecular complexity index is 781. The van der Waals surface area contributed by atoms with Crippen LogP contribution in [0.4, 0.5) is 5.69 Å². The molecule has 100 valence electrons. The molecule has 0 spiro atoms. The van der Waals surface area contributed by atoms with Crippen LogP contribution in [0.1, 0.15) is 0 Å². The van der Waals surface area contributed by atoms with Crippen molar-refractivity contribution < 1.29 is 9.66 Å². The fraction of sp³-hybridized carbons (Fsp3) is 0.0714. The third-order valence-electron chi connectivity index (χ3n) is 3.02. The Morgan fingerprint density at radius 3 is 2.60 bits per heavy atom. The van der Waals surface area contributed by atoms with Crippen molar-refractivity contribution in [1.82, 2.24) is 9.78 Å². The molecule has 0 aliphatic carbocycles. The molecule has 6 nitrogen and oxygen atoms in total. The summed E-state index contributed by atoms with van der Waals surface area (Å²) in [5.74, 6) is 0.481. The van der Waals surface area contributed by atoms with Gasteiger partial charge in [-0.05, 0) is 18.2 Å². The minimum absolute atomic E-state index is 0.0170. The number of methoxy groups -OCH3 is 1. The molecule has 20 heavy (non-hydrogen) atoms. The van der Waals surface area contributed by atoms with Crippen molar-refractivity contribution in [2.75, 3.05) is 7.11 Å². The van der Waals surface area contributed by atoms with Crippen LogP contribution in [0.3, 0.4) is 0 Å². The second-order valence-electron chi connectivity index (χ2n) is 4.22. The first-order valence-electron chi connectivity index (χ1n) is 5.97. The number of hydrogen-bond acceptors (Lipinski definition) is 4. The van der Waals surface area contributed by atoms with Crippen molar-refractivity contribution in [3.63, 3.8) is 0 Å². The Balaban J connectivity index is 2.27. The van der Waals surface area contributed by atoms with Gasteiger partial charge in [0.2, 0.25) is 5.88 Å². The molecule has 0 aliphatic rings. The van der Waals surface area contributed by atoms with Crippen LogP contribution in [0.2, 0.25) is 0 Å². The zero-order chi connectivity index (χ0) is 14.1. The van der Waals surface area contributed by atoms with E-state index < -0.39 is 4.92 Å². The van der Waals surface area contributed by atoms with E-state index in [1.807, 2.05) is 30.3 Å². The van der Waals surface area contributed by atoms with E-state index in [1.54, 1.807) is 10.7 Å². The van der Waals surface area contributed by atoms with E-state index in [-0.39, 0.29) is 5.69 Å². The summed E-state index contributed by atoms with van der Waals surface area (Å²) < 4.78 is 7.00. The quantitative estimate of drug-likeness (QED) is 0.541. The highest BCUT2D eigenvalue weighted by atomic mass is 16.6. The number of hydrogen-bond donors (Lipinski definition) is 0. The van der Waals surface area contributed by atoms with Crippen LogP contribution >= 0.6 is 0 Å². The molecule has 0 amide bonds. The summed E-state index contributed by atoms with van der Waals surface area (Å²) in [6.07, 6.45) is 0. The van der Waals surface area contributed by atoms with Crippen LogP contribution < -0.4 is 4.74 Å². The molecule has 3 rings (SSSR count). The van der Waals surface area contributed by atoms with E-state index in [0.29, 0.717) is 16.8 Å². The third kappa shape index (κ3) is 1.87. The van der Waals surface area contributed by atoms with E-state index >= 15 is 0 Å². The van der Waals surface area contributed by atoms with E-state index in [9.17, 15) is 10.1 Å². The molecule has 0 atom stereocenters. The zero-order valence-corrected chi connectivity index (χ0v) is 10.7. The number of nitro benzene ring substituents is 1. The lowest BCUT2D eigenvalue weighted by atomic mass is 10.2. The van der Waals surface area contributed by atoms with Crippen molar-refractivity contribution >= 4 is 16.6 Å². The maximum absolute atomic E-state index is 10.9. The number of para-hydroxylation sites is 1. The Morgan fingerprint density at radius 1 is 1.20 bits per heavy atom. The van der Waals surface area contributed by atoms with Crippen molar-refractivity contribution in [1.29, 1.82) is 0 Å². The fourth-order valence-corrected chi connectivity index (χ4v) is 2.10. The molecular weight excluding hydrogens is 258 g/mol. The second-order valence-corrected chi connectivity index (χ2v) is 4.22. The van der Waals surface area contributed by atoms with Gasteiger partial charge in [0.1, 0.15) is 0 Å². The van der Waals surface area contributed by atoms with Crippen molar-refractivity contribution in [3.05, 3.63) is 58.6 Å². The number of non-ortho nitro benzene ring substituents is 1. The predicted octanol–water partition coefficient (Wildman–Crippen LogP) is 2.94. The van der Waals surface area contributed by atoms with Gasteiger partial charge in [-0.1, -0.05) is 18.2 Å². The molecule has 0 saturated heterocycles. The molecular formula is C14H11N3O3. The van der Waals surface area contributed by atoms with Crippen LogP contribution in [-0.4, -0.2) is 21.8 Å². The van der Waals surface area contributed by atoms with Gasteiger partial charge in [0.25, 0.3) is 5.69 Å². The Kier molecular flexibility index (Phi) is 2.83. The number of fused-ring (bicyclic) bond motifs is 1. The topological polar surface area (TPSA) is 70.2 Å². The molecule has 0 unspecified atom stereocenters. The molecule has 1 heterocycles. The van der Waals surface area contributed by atoms with Crippen LogP contribution in [0.15, 0.2) is 48.5 Å². The van der Waals surface area contributed by atoms with Gasteiger partial charge in [0.05, 0.1) is 28.6 Å². The molecule has 0 fully saturated rings. The summed E-state index contributed by atoms with van der Waals surface area (Å²) in [4.78, 5) is 10.4. The van der Waals surface area contributed by atoms with Crippen molar-refractivity contribution in [2.45, 2.75) is 0 Å². The number of nitro groups is 1. The first-order valence-corrected chi connectivity index (χ1v) is 5.97. The lowest BCUT2D eigenvalue weighted by Gasteiger charge is -2.05. The number of ether oxygens (including phenoxy) is 1. The predicted molar refractivity (Wildman–Crippen MR) is 74.3 cm³/mol. The van der Waals surface area contributed by atoms with Gasteiger partial charge < -0.3 is 4.74 Å². The van der Waals surface area contributed by atoms with Gasteiger partial charge in [0.15, 0.2) is 0 Å². The molecule has 0 radical (unpaired) electrons. The Labute approximate surface area is 114 Å². The van der Waals surface area contributed by atoms with Gasteiger partial charge in [-0.2, -0.15) is 9.78 Å². The molecule has 0 saturated carbocycles. The first kappa shape index (κ1) is 12.2. The molecule has 6 heteroatoms. The minimum Gasteiger partial charge on any atom is -0.480 e. The summed E-state index contributed by atoms with van der Waals surface area (Å²) >= 11 is 0. The molecule has 0 bridgehead atoms. The molecule has 1 aromatic heterocycles. The molecule has 2 aromatic carbocycles. The van der Waals surface area contributed by atoms with Crippen molar-refractivity contribution in [3.8, 4) is 11.6 Å². The Hall–Kier alpha value is -2.89. The van der Waals surface area contributed by atoms with E-state index in [2.05, 4.69) is 5.10 Å². The Morgan fingerprint density at radius 2 is 1.95 bits per heavy atom. The standard InChI is InChI=1S/C14H11N3O3/c1-20-14-12-9-11(17(18)19)7-8-13(12)15-16(14)10-5-3-2-4-6-10/h2-9H,1H3. The lowest BCUT2D eigenvalue weighted by Crippen LogP contribution is -1.99. The van der Waals surface area contributed by atoms with Crippen LogP contribution in [0.5, 0.6) is 5.88 Å². The number of aromatic nitrogens is 2. The largest absolute Gasteiger partial charge is 0.480 e. The van der Waals surface area contributed by atoms with Gasteiger partial charge >= 0.3 is 0 Å². The molecule has 0 N–H and O–H groups in total. The summed E-state index contributed by atoms with van der Waals surface area (Å²) in [5, 5.41) is 15.9. The summed E-state index contributed by atoms with van der Waals surface area (Å²) in [6, 6.07) is 14.0. The molecule has 0 aliphatic heterocycles. The normalized spacial score (nSPS) is 10.7. The SMILES string of the molecule is COc1c2cc([N+](=O)[O-])ccc2nn1-c1ccccc1. The van der Waals surface area contributed by atoms with Crippen LogP contribution in [0.25, 0.3) is 16.6 Å². The van der Waals surface area contributed by atoms with Gasteiger partial charge in [-0.15, -0.1) is 0 Å². The fourth-order valence-electron chi connectivity index (χ4n) is 2.10. The highest BCUT2D eigenvalue weighted by Crippen LogP contribution is 2.31. The van der Waals surface area contributed by atoms with Gasteiger partial charge in [-0.25, -0.2) is 0 Å². The van der Waals surface area contributed by atoms with E-state index in [0.717, 1.165) is 5.69 Å². The van der Waals surface area contributed by atoms with Crippen LogP contribution in [-0.2, 0) is 0 Å². The average Bonchev–Trinajstić information content (AvgIpc) is 2.85. The van der Waals surface area contributed by atoms with E-state index in [1.165, 1.54) is 19.2 Å². The maximum atomic E-state index is 10.9. The van der Waals surface area contributed by atoms with Crippen molar-refractivity contribution in [2.24, 2.45) is 0 Å². The third-order valence-corrected chi connectivity index (χ3v) is 3.02. The highest BCUT2D eigenvalue weighted by Gasteiger charge is 2.16. The zero-order valence-electron chi connectivity index (χ0n) is 10.7. The second kappa shape index (κ2) is 4.65.